The van der Waals surface area contributed by atoms with E-state index in [9.17, 15) is 10.1 Å². The largest absolute Gasteiger partial charge is 0.265 e. The molecule has 0 rings (SSSR count). The van der Waals surface area contributed by atoms with Crippen molar-refractivity contribution in [1.82, 2.24) is 0 Å². The number of hydrogen-bond donors (Lipinski definition) is 0. The predicted molar refractivity (Wildman–Crippen MR) is 85.8 cm³/mol. The van der Waals surface area contributed by atoms with Gasteiger partial charge in [0.05, 0.1) is 8.07 Å². The predicted octanol–water partition coefficient (Wildman–Crippen LogP) is 5.06. The standard InChI is InChI=1S/C15H31NO2Si/c1-6-8-9-10-11-15(14(3)13-16(17)18)19(4,5)12-7-2/h7,12,14-15H,6,8-11,13H2,1-5H3/b12-7+/t14-,15+/m1/s1. The van der Waals surface area contributed by atoms with Crippen LogP contribution in [0.1, 0.15) is 52.9 Å². The van der Waals surface area contributed by atoms with Crippen molar-refractivity contribution in [2.75, 3.05) is 6.54 Å². The van der Waals surface area contributed by atoms with E-state index in [1.165, 1.54) is 25.7 Å². The molecule has 0 unspecified atom stereocenters. The molecule has 0 aliphatic rings. The van der Waals surface area contributed by atoms with E-state index in [4.69, 9.17) is 0 Å². The molecule has 0 saturated heterocycles. The number of nitrogens with zero attached hydrogens (tertiary/aromatic N) is 1. The Morgan fingerprint density at radius 2 is 1.89 bits per heavy atom. The monoisotopic (exact) mass is 285 g/mol. The molecule has 0 fully saturated rings. The minimum Gasteiger partial charge on any atom is -0.265 e. The minimum atomic E-state index is -1.51. The Kier molecular flexibility index (Phi) is 8.98. The molecule has 0 heterocycles. The summed E-state index contributed by atoms with van der Waals surface area (Å²) in [6.45, 7) is 11.1. The van der Waals surface area contributed by atoms with E-state index in [2.05, 4.69) is 45.6 Å². The first-order valence-electron chi connectivity index (χ1n) is 7.60. The van der Waals surface area contributed by atoms with Crippen molar-refractivity contribution in [2.45, 2.75) is 71.5 Å². The van der Waals surface area contributed by atoms with E-state index < -0.39 is 8.07 Å². The van der Waals surface area contributed by atoms with Crippen LogP contribution in [0, 0.1) is 16.0 Å². The van der Waals surface area contributed by atoms with Crippen LogP contribution >= 0.6 is 0 Å². The van der Waals surface area contributed by atoms with Crippen LogP contribution in [0.5, 0.6) is 0 Å². The summed E-state index contributed by atoms with van der Waals surface area (Å²) in [7, 11) is -1.51. The molecule has 0 bridgehead atoms. The van der Waals surface area contributed by atoms with Gasteiger partial charge in [0.15, 0.2) is 0 Å². The van der Waals surface area contributed by atoms with Crippen LogP contribution in [-0.4, -0.2) is 19.5 Å². The molecule has 2 atom stereocenters. The van der Waals surface area contributed by atoms with Crippen LogP contribution in [0.15, 0.2) is 11.8 Å². The van der Waals surface area contributed by atoms with E-state index in [1.54, 1.807) is 0 Å². The molecule has 4 heteroatoms. The molecule has 0 amide bonds. The maximum Gasteiger partial charge on any atom is 0.206 e. The van der Waals surface area contributed by atoms with Gasteiger partial charge in [-0.05, 0) is 12.5 Å². The second-order valence-electron chi connectivity index (χ2n) is 6.27. The molecular formula is C15H31NO2Si. The van der Waals surface area contributed by atoms with Crippen molar-refractivity contribution < 1.29 is 4.92 Å². The van der Waals surface area contributed by atoms with E-state index in [0.717, 1.165) is 6.42 Å². The number of hydrogen-bond acceptors (Lipinski definition) is 2. The molecule has 3 nitrogen and oxygen atoms in total. The third-order valence-corrected chi connectivity index (χ3v) is 8.01. The fraction of sp³-hybridized carbons (Fsp3) is 0.867. The summed E-state index contributed by atoms with van der Waals surface area (Å²) in [5.41, 5.74) is 2.86. The zero-order valence-corrected chi connectivity index (χ0v) is 14.3. The van der Waals surface area contributed by atoms with Crippen LogP contribution in [0.3, 0.4) is 0 Å². The van der Waals surface area contributed by atoms with E-state index in [0.29, 0.717) is 5.54 Å². The lowest BCUT2D eigenvalue weighted by molar-refractivity contribution is -0.487. The summed E-state index contributed by atoms with van der Waals surface area (Å²) in [4.78, 5) is 10.6. The van der Waals surface area contributed by atoms with Crippen molar-refractivity contribution in [3.05, 3.63) is 21.9 Å². The summed E-state index contributed by atoms with van der Waals surface area (Å²) < 4.78 is 0. The van der Waals surface area contributed by atoms with Crippen molar-refractivity contribution >= 4 is 8.07 Å². The number of allylic oxidation sites excluding steroid dienone is 1. The zero-order valence-electron chi connectivity index (χ0n) is 13.3. The van der Waals surface area contributed by atoms with Gasteiger partial charge < -0.3 is 0 Å². The van der Waals surface area contributed by atoms with Crippen LogP contribution in [0.2, 0.25) is 18.6 Å². The van der Waals surface area contributed by atoms with Crippen LogP contribution in [-0.2, 0) is 0 Å². The van der Waals surface area contributed by atoms with E-state index in [1.807, 2.05) is 0 Å². The van der Waals surface area contributed by atoms with Gasteiger partial charge in [-0.3, -0.25) is 10.1 Å². The van der Waals surface area contributed by atoms with Gasteiger partial charge in [-0.1, -0.05) is 70.8 Å². The Morgan fingerprint density at radius 1 is 1.26 bits per heavy atom. The highest BCUT2D eigenvalue weighted by atomic mass is 28.3. The Bertz CT molecular complexity index is 290. The number of nitro groups is 1. The molecule has 0 N–H and O–H groups in total. The molecule has 0 spiro atoms. The van der Waals surface area contributed by atoms with Crippen molar-refractivity contribution in [2.24, 2.45) is 5.92 Å². The Balaban J connectivity index is 4.67. The zero-order chi connectivity index (χ0) is 14.9. The van der Waals surface area contributed by atoms with E-state index >= 15 is 0 Å². The lowest BCUT2D eigenvalue weighted by Gasteiger charge is -2.33. The van der Waals surface area contributed by atoms with Gasteiger partial charge in [0, 0.05) is 10.8 Å². The van der Waals surface area contributed by atoms with Crippen molar-refractivity contribution in [1.29, 1.82) is 0 Å². The van der Waals surface area contributed by atoms with Gasteiger partial charge >= 0.3 is 0 Å². The van der Waals surface area contributed by atoms with Crippen LogP contribution in [0.4, 0.5) is 0 Å². The van der Waals surface area contributed by atoms with Crippen molar-refractivity contribution in [3.63, 3.8) is 0 Å². The summed E-state index contributed by atoms with van der Waals surface area (Å²) in [6.07, 6.45) is 8.28. The van der Waals surface area contributed by atoms with Gasteiger partial charge in [-0.2, -0.15) is 0 Å². The van der Waals surface area contributed by atoms with Crippen LogP contribution in [0.25, 0.3) is 0 Å². The molecule has 0 radical (unpaired) electrons. The molecular weight excluding hydrogens is 254 g/mol. The highest BCUT2D eigenvalue weighted by molar-refractivity contribution is 6.83. The topological polar surface area (TPSA) is 43.1 Å². The molecule has 19 heavy (non-hydrogen) atoms. The second-order valence-corrected chi connectivity index (χ2v) is 11.0. The third kappa shape index (κ3) is 7.50. The minimum absolute atomic E-state index is 0.117. The fourth-order valence-electron chi connectivity index (χ4n) is 3.10. The Morgan fingerprint density at radius 3 is 2.37 bits per heavy atom. The molecule has 0 aliphatic heterocycles. The van der Waals surface area contributed by atoms with E-state index in [-0.39, 0.29) is 17.4 Å². The average Bonchev–Trinajstić information content (AvgIpc) is 2.27. The SMILES string of the molecule is C/C=C/[Si](C)(C)[C@@H](CCCCCC)[C@H](C)C[N+](=O)[O-]. The summed E-state index contributed by atoms with van der Waals surface area (Å²) in [5, 5.41) is 10.8. The van der Waals surface area contributed by atoms with Gasteiger partial charge in [-0.15, -0.1) is 0 Å². The summed E-state index contributed by atoms with van der Waals surface area (Å²) >= 11 is 0. The maximum absolute atomic E-state index is 10.8. The first-order valence-corrected chi connectivity index (χ1v) is 10.8. The normalized spacial score (nSPS) is 15.6. The number of unbranched alkanes of at least 4 members (excludes halogenated alkanes) is 3. The number of rotatable bonds is 10. The van der Waals surface area contributed by atoms with Gasteiger partial charge in [0.2, 0.25) is 6.54 Å². The highest BCUT2D eigenvalue weighted by Gasteiger charge is 2.34. The molecule has 112 valence electrons. The summed E-state index contributed by atoms with van der Waals surface area (Å²) in [5.74, 6) is 0.189. The highest BCUT2D eigenvalue weighted by Crippen LogP contribution is 2.36. The molecule has 0 aromatic carbocycles. The first kappa shape index (κ1) is 18.4. The lowest BCUT2D eigenvalue weighted by Crippen LogP contribution is -2.36. The lowest BCUT2D eigenvalue weighted by atomic mass is 10.0. The van der Waals surface area contributed by atoms with Gasteiger partial charge in [-0.25, -0.2) is 0 Å². The molecule has 0 aliphatic carbocycles. The molecule has 0 saturated carbocycles. The second kappa shape index (κ2) is 9.29. The Labute approximate surface area is 119 Å². The quantitative estimate of drug-likeness (QED) is 0.243. The smallest absolute Gasteiger partial charge is 0.206 e. The summed E-state index contributed by atoms with van der Waals surface area (Å²) in [6, 6.07) is 0. The molecule has 0 aromatic rings. The average molecular weight is 286 g/mol. The maximum atomic E-state index is 10.8. The third-order valence-electron chi connectivity index (χ3n) is 4.04. The fourth-order valence-corrected chi connectivity index (χ4v) is 6.72. The van der Waals surface area contributed by atoms with Gasteiger partial charge in [0.1, 0.15) is 0 Å². The Hall–Kier alpha value is -0.643. The first-order chi connectivity index (χ1) is 8.85. The van der Waals surface area contributed by atoms with Crippen LogP contribution < -0.4 is 0 Å². The van der Waals surface area contributed by atoms with Gasteiger partial charge in [0.25, 0.3) is 0 Å². The van der Waals surface area contributed by atoms with Crippen molar-refractivity contribution in [3.8, 4) is 0 Å². The molecule has 0 aromatic heterocycles.